The van der Waals surface area contributed by atoms with E-state index in [1.54, 1.807) is 25.8 Å². The topological polar surface area (TPSA) is 40.5 Å². The lowest BCUT2D eigenvalue weighted by molar-refractivity contribution is -0.141. The van der Waals surface area contributed by atoms with Gasteiger partial charge < -0.3 is 10.0 Å². The van der Waals surface area contributed by atoms with E-state index in [4.69, 9.17) is 0 Å². The zero-order chi connectivity index (χ0) is 9.35. The number of carbonyl (C=O) groups is 1. The Morgan fingerprint density at radius 1 is 1.58 bits per heavy atom. The van der Waals surface area contributed by atoms with Crippen molar-refractivity contribution in [2.75, 3.05) is 7.05 Å². The van der Waals surface area contributed by atoms with Crippen LogP contribution in [0.1, 0.15) is 33.1 Å². The molecule has 0 aliphatic carbocycles. The van der Waals surface area contributed by atoms with Gasteiger partial charge in [0.1, 0.15) is 0 Å². The highest BCUT2D eigenvalue weighted by molar-refractivity contribution is 5.77. The maximum Gasteiger partial charge on any atom is 0.222 e. The van der Waals surface area contributed by atoms with Gasteiger partial charge in [0.05, 0.1) is 11.6 Å². The minimum atomic E-state index is -0.773. The standard InChI is InChI=1S/C9H17NO2/c1-9(2,12)7-5-4-6-8(11)10(7)3/h7,12H,4-6H2,1-3H3. The van der Waals surface area contributed by atoms with Crippen molar-refractivity contribution in [2.45, 2.75) is 44.8 Å². The summed E-state index contributed by atoms with van der Waals surface area (Å²) in [4.78, 5) is 12.9. The monoisotopic (exact) mass is 171 g/mol. The molecule has 3 heteroatoms. The molecule has 0 bridgehead atoms. The summed E-state index contributed by atoms with van der Waals surface area (Å²) in [6.45, 7) is 3.51. The lowest BCUT2D eigenvalue weighted by Gasteiger charge is -2.39. The molecule has 0 aromatic rings. The van der Waals surface area contributed by atoms with E-state index in [2.05, 4.69) is 0 Å². The lowest BCUT2D eigenvalue weighted by Crippen LogP contribution is -2.52. The number of carbonyl (C=O) groups excluding carboxylic acids is 1. The quantitative estimate of drug-likeness (QED) is 0.633. The Hall–Kier alpha value is -0.570. The maximum atomic E-state index is 11.3. The van der Waals surface area contributed by atoms with Crippen molar-refractivity contribution in [3.8, 4) is 0 Å². The largest absolute Gasteiger partial charge is 0.388 e. The number of hydrogen-bond donors (Lipinski definition) is 1. The molecular weight excluding hydrogens is 154 g/mol. The third kappa shape index (κ3) is 1.78. The summed E-state index contributed by atoms with van der Waals surface area (Å²) in [5.41, 5.74) is -0.773. The number of nitrogens with zero attached hydrogens (tertiary/aromatic N) is 1. The van der Waals surface area contributed by atoms with E-state index in [0.717, 1.165) is 12.8 Å². The predicted molar refractivity (Wildman–Crippen MR) is 46.7 cm³/mol. The zero-order valence-corrected chi connectivity index (χ0v) is 8.00. The Kier molecular flexibility index (Phi) is 2.42. The van der Waals surface area contributed by atoms with Crippen LogP contribution in [0.15, 0.2) is 0 Å². The molecular formula is C9H17NO2. The van der Waals surface area contributed by atoms with Gasteiger partial charge in [0, 0.05) is 13.5 Å². The van der Waals surface area contributed by atoms with Crippen LogP contribution < -0.4 is 0 Å². The fourth-order valence-corrected chi connectivity index (χ4v) is 1.82. The molecule has 1 heterocycles. The van der Waals surface area contributed by atoms with Gasteiger partial charge in [0.2, 0.25) is 5.91 Å². The zero-order valence-electron chi connectivity index (χ0n) is 8.00. The number of aliphatic hydroxyl groups is 1. The van der Waals surface area contributed by atoms with Gasteiger partial charge in [-0.2, -0.15) is 0 Å². The van der Waals surface area contributed by atoms with E-state index in [1.165, 1.54) is 0 Å². The second kappa shape index (κ2) is 3.05. The lowest BCUT2D eigenvalue weighted by atomic mass is 9.89. The summed E-state index contributed by atoms with van der Waals surface area (Å²) in [6.07, 6.45) is 2.44. The molecule has 3 nitrogen and oxygen atoms in total. The van der Waals surface area contributed by atoms with Crippen LogP contribution in [0, 0.1) is 0 Å². The first-order chi connectivity index (χ1) is 5.43. The highest BCUT2D eigenvalue weighted by atomic mass is 16.3. The molecule has 1 rings (SSSR count). The molecule has 1 fully saturated rings. The van der Waals surface area contributed by atoms with Gasteiger partial charge in [-0.1, -0.05) is 0 Å². The first-order valence-corrected chi connectivity index (χ1v) is 4.41. The second-order valence-corrected chi connectivity index (χ2v) is 4.07. The number of rotatable bonds is 1. The van der Waals surface area contributed by atoms with Gasteiger partial charge in [0.15, 0.2) is 0 Å². The highest BCUT2D eigenvalue weighted by Gasteiger charge is 2.35. The number of piperidine rings is 1. The van der Waals surface area contributed by atoms with Gasteiger partial charge in [0.25, 0.3) is 0 Å². The van der Waals surface area contributed by atoms with E-state index in [1.807, 2.05) is 0 Å². The third-order valence-corrected chi connectivity index (χ3v) is 2.54. The van der Waals surface area contributed by atoms with Gasteiger partial charge in [-0.15, -0.1) is 0 Å². The summed E-state index contributed by atoms with van der Waals surface area (Å²) >= 11 is 0. The van der Waals surface area contributed by atoms with Gasteiger partial charge in [-0.25, -0.2) is 0 Å². The first-order valence-electron chi connectivity index (χ1n) is 4.41. The van der Waals surface area contributed by atoms with Crippen molar-refractivity contribution in [1.29, 1.82) is 0 Å². The summed E-state index contributed by atoms with van der Waals surface area (Å²) in [7, 11) is 1.77. The second-order valence-electron chi connectivity index (χ2n) is 4.07. The van der Waals surface area contributed by atoms with Crippen molar-refractivity contribution in [2.24, 2.45) is 0 Å². The van der Waals surface area contributed by atoms with Crippen molar-refractivity contribution in [3.05, 3.63) is 0 Å². The van der Waals surface area contributed by atoms with Gasteiger partial charge in [-0.05, 0) is 26.7 Å². The molecule has 1 N–H and O–H groups in total. The maximum absolute atomic E-state index is 11.3. The van der Waals surface area contributed by atoms with Crippen LogP contribution in [0.4, 0.5) is 0 Å². The summed E-state index contributed by atoms with van der Waals surface area (Å²) < 4.78 is 0. The molecule has 70 valence electrons. The predicted octanol–water partition coefficient (Wildman–Crippen LogP) is 0.768. The molecule has 0 aromatic carbocycles. The normalized spacial score (nSPS) is 26.2. The Morgan fingerprint density at radius 3 is 2.58 bits per heavy atom. The number of likely N-dealkylation sites (N-methyl/N-ethyl adjacent to an activating group) is 1. The van der Waals surface area contributed by atoms with E-state index >= 15 is 0 Å². The molecule has 0 spiro atoms. The van der Waals surface area contributed by atoms with Crippen LogP contribution in [0.2, 0.25) is 0 Å². The molecule has 1 atom stereocenters. The SMILES string of the molecule is CN1C(=O)CCCC1C(C)(C)O. The van der Waals surface area contributed by atoms with Crippen LogP contribution >= 0.6 is 0 Å². The van der Waals surface area contributed by atoms with Gasteiger partial charge >= 0.3 is 0 Å². The molecule has 0 radical (unpaired) electrons. The summed E-state index contributed by atoms with van der Waals surface area (Å²) in [5, 5.41) is 9.74. The fraction of sp³-hybridized carbons (Fsp3) is 0.889. The summed E-state index contributed by atoms with van der Waals surface area (Å²) in [6, 6.07) is -0.0150. The molecule has 1 saturated heterocycles. The molecule has 1 unspecified atom stereocenters. The molecule has 12 heavy (non-hydrogen) atoms. The van der Waals surface area contributed by atoms with E-state index < -0.39 is 5.60 Å². The average molecular weight is 171 g/mol. The van der Waals surface area contributed by atoms with Gasteiger partial charge in [-0.3, -0.25) is 4.79 Å². The van der Waals surface area contributed by atoms with Crippen molar-refractivity contribution in [1.82, 2.24) is 4.90 Å². The van der Waals surface area contributed by atoms with E-state index in [9.17, 15) is 9.90 Å². The Bertz CT molecular complexity index is 183. The van der Waals surface area contributed by atoms with Crippen molar-refractivity contribution in [3.63, 3.8) is 0 Å². The summed E-state index contributed by atoms with van der Waals surface area (Å²) in [5.74, 6) is 0.147. The van der Waals surface area contributed by atoms with E-state index in [0.29, 0.717) is 6.42 Å². The minimum Gasteiger partial charge on any atom is -0.388 e. The average Bonchev–Trinajstić information content (AvgIpc) is 1.92. The molecule has 1 aliphatic heterocycles. The van der Waals surface area contributed by atoms with Crippen molar-refractivity contribution < 1.29 is 9.90 Å². The molecule has 1 aliphatic rings. The van der Waals surface area contributed by atoms with Crippen LogP contribution in [0.5, 0.6) is 0 Å². The Labute approximate surface area is 73.4 Å². The molecule has 0 saturated carbocycles. The number of hydrogen-bond acceptors (Lipinski definition) is 2. The van der Waals surface area contributed by atoms with Crippen LogP contribution in [0.3, 0.4) is 0 Å². The minimum absolute atomic E-state index is 0.0150. The highest BCUT2D eigenvalue weighted by Crippen LogP contribution is 2.24. The molecule has 1 amide bonds. The number of likely N-dealkylation sites (tertiary alicyclic amines) is 1. The first kappa shape index (κ1) is 9.52. The van der Waals surface area contributed by atoms with E-state index in [-0.39, 0.29) is 11.9 Å². The van der Waals surface area contributed by atoms with Crippen LogP contribution in [0.25, 0.3) is 0 Å². The Balaban J connectivity index is 2.70. The third-order valence-electron chi connectivity index (χ3n) is 2.54. The van der Waals surface area contributed by atoms with Crippen molar-refractivity contribution >= 4 is 5.91 Å². The van der Waals surface area contributed by atoms with Crippen LogP contribution in [-0.4, -0.2) is 34.6 Å². The molecule has 0 aromatic heterocycles. The smallest absolute Gasteiger partial charge is 0.222 e. The number of amides is 1. The Morgan fingerprint density at radius 2 is 2.17 bits per heavy atom. The fourth-order valence-electron chi connectivity index (χ4n) is 1.82. The van der Waals surface area contributed by atoms with Crippen LogP contribution in [-0.2, 0) is 4.79 Å².